The Bertz CT molecular complexity index is 770. The molecule has 2 aromatic rings. The van der Waals surface area contributed by atoms with Crippen LogP contribution < -0.4 is 5.73 Å². The Morgan fingerprint density at radius 2 is 2.11 bits per heavy atom. The average Bonchev–Trinajstić information content (AvgIpc) is 2.78. The smallest absolute Gasteiger partial charge is 0.201 e. The maximum absolute atomic E-state index is 13.6. The second kappa shape index (κ2) is 3.89. The minimum Gasteiger partial charge on any atom is -0.369 e. The molecule has 2 heterocycles. The fourth-order valence-electron chi connectivity index (χ4n) is 2.50. The van der Waals surface area contributed by atoms with Crippen LogP contribution in [0.25, 0.3) is 11.0 Å². The lowest BCUT2D eigenvalue weighted by Gasteiger charge is -2.12. The van der Waals surface area contributed by atoms with Gasteiger partial charge < -0.3 is 10.3 Å². The summed E-state index contributed by atoms with van der Waals surface area (Å²) >= 11 is 0. The minimum atomic E-state index is -3.12. The van der Waals surface area contributed by atoms with Crippen LogP contribution in [0.5, 0.6) is 0 Å². The standard InChI is InChI=1S/C11H11F2N3O2S/c12-6-3-8(13)10-9(4-6)16(11(14)15-10)7-1-2-19(17,18)5-7/h3-4,7H,1-2,5H2,(H2,14,15). The molecule has 1 aromatic carbocycles. The summed E-state index contributed by atoms with van der Waals surface area (Å²) in [7, 11) is -3.12. The lowest BCUT2D eigenvalue weighted by molar-refractivity contribution is 0.570. The van der Waals surface area contributed by atoms with E-state index in [4.69, 9.17) is 5.73 Å². The zero-order valence-electron chi connectivity index (χ0n) is 9.81. The zero-order chi connectivity index (χ0) is 13.8. The van der Waals surface area contributed by atoms with E-state index in [0.29, 0.717) is 6.42 Å². The molecular weight excluding hydrogens is 276 g/mol. The molecule has 0 amide bonds. The van der Waals surface area contributed by atoms with E-state index in [1.165, 1.54) is 4.57 Å². The second-order valence-corrected chi connectivity index (χ2v) is 6.88. The van der Waals surface area contributed by atoms with Crippen LogP contribution in [0.15, 0.2) is 12.1 Å². The van der Waals surface area contributed by atoms with E-state index in [9.17, 15) is 17.2 Å². The van der Waals surface area contributed by atoms with E-state index in [0.717, 1.165) is 12.1 Å². The van der Waals surface area contributed by atoms with Crippen LogP contribution in [0.1, 0.15) is 12.5 Å². The number of nitrogens with zero attached hydrogens (tertiary/aromatic N) is 2. The molecule has 0 aliphatic carbocycles. The largest absolute Gasteiger partial charge is 0.369 e. The molecular formula is C11H11F2N3O2S. The van der Waals surface area contributed by atoms with Crippen molar-refractivity contribution >= 4 is 26.8 Å². The summed E-state index contributed by atoms with van der Waals surface area (Å²) in [4.78, 5) is 3.85. The van der Waals surface area contributed by atoms with E-state index >= 15 is 0 Å². The molecule has 1 aromatic heterocycles. The molecule has 102 valence electrons. The first-order chi connectivity index (χ1) is 8.87. The van der Waals surface area contributed by atoms with E-state index in [1.807, 2.05) is 0 Å². The van der Waals surface area contributed by atoms with Crippen molar-refractivity contribution in [3.05, 3.63) is 23.8 Å². The minimum absolute atomic E-state index is 0.00148. The molecule has 1 fully saturated rings. The van der Waals surface area contributed by atoms with Crippen molar-refractivity contribution in [2.45, 2.75) is 12.5 Å². The Morgan fingerprint density at radius 1 is 1.37 bits per heavy atom. The van der Waals surface area contributed by atoms with Crippen molar-refractivity contribution < 1.29 is 17.2 Å². The number of halogens is 2. The van der Waals surface area contributed by atoms with Gasteiger partial charge in [0, 0.05) is 12.1 Å². The van der Waals surface area contributed by atoms with Gasteiger partial charge in [-0.15, -0.1) is 0 Å². The SMILES string of the molecule is Nc1nc2c(F)cc(F)cc2n1C1CCS(=O)(=O)C1. The number of fused-ring (bicyclic) bond motifs is 1. The molecule has 1 saturated heterocycles. The number of aromatic nitrogens is 2. The van der Waals surface area contributed by atoms with E-state index in [1.54, 1.807) is 0 Å². The second-order valence-electron chi connectivity index (χ2n) is 4.65. The van der Waals surface area contributed by atoms with Gasteiger partial charge >= 0.3 is 0 Å². The molecule has 1 aliphatic heterocycles. The summed E-state index contributed by atoms with van der Waals surface area (Å²) in [5, 5.41) is 0. The summed E-state index contributed by atoms with van der Waals surface area (Å²) < 4.78 is 51.3. The van der Waals surface area contributed by atoms with Crippen LogP contribution in [0, 0.1) is 11.6 Å². The third kappa shape index (κ3) is 1.95. The number of nitrogens with two attached hydrogens (primary N) is 1. The number of anilines is 1. The molecule has 1 unspecified atom stereocenters. The molecule has 0 radical (unpaired) electrons. The van der Waals surface area contributed by atoms with Crippen LogP contribution >= 0.6 is 0 Å². The Morgan fingerprint density at radius 3 is 2.74 bits per heavy atom. The lowest BCUT2D eigenvalue weighted by atomic mass is 10.2. The molecule has 0 bridgehead atoms. The third-order valence-electron chi connectivity index (χ3n) is 3.31. The summed E-state index contributed by atoms with van der Waals surface area (Å²) in [5.74, 6) is -1.58. The molecule has 2 N–H and O–H groups in total. The number of hydrogen-bond donors (Lipinski definition) is 1. The molecule has 0 saturated carbocycles. The van der Waals surface area contributed by atoms with Crippen molar-refractivity contribution in [2.24, 2.45) is 0 Å². The van der Waals surface area contributed by atoms with Crippen molar-refractivity contribution in [1.82, 2.24) is 9.55 Å². The van der Waals surface area contributed by atoms with Gasteiger partial charge in [-0.3, -0.25) is 0 Å². The average molecular weight is 287 g/mol. The first-order valence-corrected chi connectivity index (χ1v) is 7.52. The Labute approximate surface area is 108 Å². The molecule has 19 heavy (non-hydrogen) atoms. The number of sulfone groups is 1. The van der Waals surface area contributed by atoms with Crippen molar-refractivity contribution in [3.8, 4) is 0 Å². The van der Waals surface area contributed by atoms with Crippen LogP contribution in [0.4, 0.5) is 14.7 Å². The van der Waals surface area contributed by atoms with Crippen molar-refractivity contribution in [1.29, 1.82) is 0 Å². The third-order valence-corrected chi connectivity index (χ3v) is 5.06. The quantitative estimate of drug-likeness (QED) is 0.856. The summed E-state index contributed by atoms with van der Waals surface area (Å²) in [5.41, 5.74) is 5.86. The molecule has 3 rings (SSSR count). The first-order valence-electron chi connectivity index (χ1n) is 5.70. The van der Waals surface area contributed by atoms with Gasteiger partial charge in [-0.2, -0.15) is 0 Å². The van der Waals surface area contributed by atoms with Crippen molar-refractivity contribution in [2.75, 3.05) is 17.2 Å². The fourth-order valence-corrected chi connectivity index (χ4v) is 4.20. The Kier molecular flexibility index (Phi) is 2.53. The summed E-state index contributed by atoms with van der Waals surface area (Å²) in [6.07, 6.45) is 0.371. The highest BCUT2D eigenvalue weighted by molar-refractivity contribution is 7.91. The molecule has 1 aliphatic rings. The number of nitrogen functional groups attached to an aromatic ring is 1. The Hall–Kier alpha value is -1.70. The number of rotatable bonds is 1. The predicted octanol–water partition coefficient (Wildman–Crippen LogP) is 1.26. The van der Waals surface area contributed by atoms with Gasteiger partial charge in [0.25, 0.3) is 0 Å². The highest BCUT2D eigenvalue weighted by Crippen LogP contribution is 2.31. The van der Waals surface area contributed by atoms with Gasteiger partial charge in [-0.1, -0.05) is 0 Å². The number of hydrogen-bond acceptors (Lipinski definition) is 4. The topological polar surface area (TPSA) is 78.0 Å². The monoisotopic (exact) mass is 287 g/mol. The van der Waals surface area contributed by atoms with E-state index < -0.39 is 27.5 Å². The summed E-state index contributed by atoms with van der Waals surface area (Å²) in [6.45, 7) is 0. The fraction of sp³-hybridized carbons (Fsp3) is 0.364. The highest BCUT2D eigenvalue weighted by Gasteiger charge is 2.31. The molecule has 1 atom stereocenters. The van der Waals surface area contributed by atoms with Crippen LogP contribution in [0.3, 0.4) is 0 Å². The Balaban J connectivity index is 2.21. The van der Waals surface area contributed by atoms with Gasteiger partial charge in [0.15, 0.2) is 15.7 Å². The van der Waals surface area contributed by atoms with E-state index in [2.05, 4.69) is 4.98 Å². The van der Waals surface area contributed by atoms with Gasteiger partial charge in [0.2, 0.25) is 5.95 Å². The molecule has 8 heteroatoms. The van der Waals surface area contributed by atoms with Crippen molar-refractivity contribution in [3.63, 3.8) is 0 Å². The van der Waals surface area contributed by atoms with Gasteiger partial charge in [-0.25, -0.2) is 22.2 Å². The normalized spacial score (nSPS) is 22.1. The van der Waals surface area contributed by atoms with Gasteiger partial charge in [0.05, 0.1) is 23.1 Å². The summed E-state index contributed by atoms with van der Waals surface area (Å²) in [6, 6.07) is 1.42. The van der Waals surface area contributed by atoms with E-state index in [-0.39, 0.29) is 28.5 Å². The maximum atomic E-state index is 13.6. The predicted molar refractivity (Wildman–Crippen MR) is 66.4 cm³/mol. The van der Waals surface area contributed by atoms with Gasteiger partial charge in [0.1, 0.15) is 11.3 Å². The highest BCUT2D eigenvalue weighted by atomic mass is 32.2. The first kappa shape index (κ1) is 12.3. The molecule has 5 nitrogen and oxygen atoms in total. The number of imidazole rings is 1. The maximum Gasteiger partial charge on any atom is 0.201 e. The lowest BCUT2D eigenvalue weighted by Crippen LogP contribution is -2.13. The number of benzene rings is 1. The zero-order valence-corrected chi connectivity index (χ0v) is 10.6. The molecule has 0 spiro atoms. The van der Waals surface area contributed by atoms with Crippen LogP contribution in [-0.4, -0.2) is 29.5 Å². The van der Waals surface area contributed by atoms with Gasteiger partial charge in [-0.05, 0) is 6.42 Å². The van der Waals surface area contributed by atoms with Crippen LogP contribution in [-0.2, 0) is 9.84 Å². The van der Waals surface area contributed by atoms with Crippen LogP contribution in [0.2, 0.25) is 0 Å².